The monoisotopic (exact) mass is 327 g/mol. The van der Waals surface area contributed by atoms with Crippen LogP contribution in [0.1, 0.15) is 28.2 Å². The lowest BCUT2D eigenvalue weighted by Gasteiger charge is -2.25. The van der Waals surface area contributed by atoms with Crippen molar-refractivity contribution < 1.29 is 4.79 Å². The minimum Gasteiger partial charge on any atom is -0.334 e. The van der Waals surface area contributed by atoms with E-state index in [1.807, 2.05) is 23.6 Å². The number of aromatic nitrogens is 1. The Morgan fingerprint density at radius 1 is 1.26 bits per heavy atom. The fraction of sp³-hybridized carbons (Fsp3) is 0.444. The first kappa shape index (κ1) is 14.8. The van der Waals surface area contributed by atoms with Crippen LogP contribution in [0.15, 0.2) is 36.7 Å². The van der Waals surface area contributed by atoms with Gasteiger partial charge in [-0.15, -0.1) is 11.3 Å². The Morgan fingerprint density at radius 2 is 2.17 bits per heavy atom. The van der Waals surface area contributed by atoms with E-state index < -0.39 is 0 Å². The van der Waals surface area contributed by atoms with Gasteiger partial charge in [-0.1, -0.05) is 6.07 Å². The molecule has 1 amide bonds. The summed E-state index contributed by atoms with van der Waals surface area (Å²) in [5, 5.41) is 0. The second kappa shape index (κ2) is 6.06. The second-order valence-electron chi connectivity index (χ2n) is 6.49. The molecule has 2 saturated heterocycles. The normalized spacial score (nSPS) is 24.4. The molecular formula is C18H21N3OS. The van der Waals surface area contributed by atoms with E-state index in [1.54, 1.807) is 6.20 Å². The Balaban J connectivity index is 1.46. The summed E-state index contributed by atoms with van der Waals surface area (Å²) < 4.78 is 0. The van der Waals surface area contributed by atoms with Gasteiger partial charge < -0.3 is 4.90 Å². The molecule has 4 nitrogen and oxygen atoms in total. The van der Waals surface area contributed by atoms with Gasteiger partial charge in [-0.05, 0) is 37.1 Å². The lowest BCUT2D eigenvalue weighted by molar-refractivity contribution is -0.129. The second-order valence-corrected chi connectivity index (χ2v) is 7.87. The maximum absolute atomic E-state index is 12.5. The van der Waals surface area contributed by atoms with E-state index in [-0.39, 0.29) is 5.91 Å². The van der Waals surface area contributed by atoms with Crippen molar-refractivity contribution in [2.24, 2.45) is 0 Å². The smallest absolute Gasteiger partial charge is 0.224 e. The maximum atomic E-state index is 12.5. The topological polar surface area (TPSA) is 36.4 Å². The van der Waals surface area contributed by atoms with Gasteiger partial charge in [0.25, 0.3) is 0 Å². The third-order valence-corrected chi connectivity index (χ3v) is 5.95. The Morgan fingerprint density at radius 3 is 2.91 bits per heavy atom. The molecule has 2 fully saturated rings. The molecule has 0 aliphatic carbocycles. The molecule has 23 heavy (non-hydrogen) atoms. The molecule has 2 unspecified atom stereocenters. The molecule has 2 aliphatic heterocycles. The molecule has 0 radical (unpaired) electrons. The number of thiophene rings is 1. The van der Waals surface area contributed by atoms with Crippen LogP contribution in [-0.2, 0) is 17.9 Å². The van der Waals surface area contributed by atoms with Crippen LogP contribution in [0.2, 0.25) is 0 Å². The zero-order valence-corrected chi connectivity index (χ0v) is 14.1. The number of hydrogen-bond acceptors (Lipinski definition) is 4. The van der Waals surface area contributed by atoms with Crippen LogP contribution in [0, 0.1) is 6.92 Å². The highest BCUT2D eigenvalue weighted by Crippen LogP contribution is 2.35. The molecule has 120 valence electrons. The standard InChI is InChI=1S/C18H21N3OS/c1-13-4-5-15(23-13)12-20-8-6-16-17(20)9-18(22)21(16)11-14-3-2-7-19-10-14/h2-5,7,10,16-17H,6,8-9,11-12H2,1H3. The van der Waals surface area contributed by atoms with Crippen molar-refractivity contribution in [3.63, 3.8) is 0 Å². The van der Waals surface area contributed by atoms with E-state index in [2.05, 4.69) is 39.9 Å². The minimum atomic E-state index is 0.288. The average Bonchev–Trinajstić information content (AvgIpc) is 3.21. The number of likely N-dealkylation sites (tertiary alicyclic amines) is 2. The molecule has 0 spiro atoms. The van der Waals surface area contributed by atoms with Crippen LogP contribution < -0.4 is 0 Å². The molecule has 4 rings (SSSR count). The number of rotatable bonds is 4. The van der Waals surface area contributed by atoms with Crippen molar-refractivity contribution in [2.45, 2.75) is 44.9 Å². The fourth-order valence-electron chi connectivity index (χ4n) is 3.87. The number of hydrogen-bond donors (Lipinski definition) is 0. The summed E-state index contributed by atoms with van der Waals surface area (Å²) in [5.41, 5.74) is 1.12. The Bertz CT molecular complexity index is 699. The number of nitrogens with zero attached hydrogens (tertiary/aromatic N) is 3. The van der Waals surface area contributed by atoms with Gasteiger partial charge in [0.05, 0.1) is 0 Å². The van der Waals surface area contributed by atoms with Crippen molar-refractivity contribution >= 4 is 17.2 Å². The average molecular weight is 327 g/mol. The molecule has 2 aromatic rings. The minimum absolute atomic E-state index is 0.288. The van der Waals surface area contributed by atoms with Gasteiger partial charge in [-0.2, -0.15) is 0 Å². The lowest BCUT2D eigenvalue weighted by atomic mass is 10.1. The highest BCUT2D eigenvalue weighted by atomic mass is 32.1. The molecule has 0 saturated carbocycles. The van der Waals surface area contributed by atoms with Crippen molar-refractivity contribution in [1.29, 1.82) is 0 Å². The predicted octanol–water partition coefficient (Wildman–Crippen LogP) is 2.83. The predicted molar refractivity (Wildman–Crippen MR) is 91.1 cm³/mol. The largest absolute Gasteiger partial charge is 0.334 e. The van der Waals surface area contributed by atoms with E-state index in [4.69, 9.17) is 0 Å². The Labute approximate surface area is 140 Å². The fourth-order valence-corrected chi connectivity index (χ4v) is 4.79. The molecular weight excluding hydrogens is 306 g/mol. The van der Waals surface area contributed by atoms with E-state index in [0.29, 0.717) is 25.0 Å². The zero-order valence-electron chi connectivity index (χ0n) is 13.3. The summed E-state index contributed by atoms with van der Waals surface area (Å²) in [6.45, 7) is 4.91. The molecule has 2 aliphatic rings. The molecule has 2 atom stereocenters. The van der Waals surface area contributed by atoms with E-state index >= 15 is 0 Å². The Hall–Kier alpha value is -1.72. The molecule has 2 aromatic heterocycles. The van der Waals surface area contributed by atoms with Crippen molar-refractivity contribution in [3.05, 3.63) is 52.0 Å². The summed E-state index contributed by atoms with van der Waals surface area (Å²) >= 11 is 1.86. The van der Waals surface area contributed by atoms with E-state index in [0.717, 1.165) is 25.1 Å². The van der Waals surface area contributed by atoms with E-state index in [1.165, 1.54) is 9.75 Å². The van der Waals surface area contributed by atoms with Crippen molar-refractivity contribution in [2.75, 3.05) is 6.54 Å². The summed E-state index contributed by atoms with van der Waals surface area (Å²) in [6, 6.07) is 9.13. The van der Waals surface area contributed by atoms with Crippen LogP contribution in [0.3, 0.4) is 0 Å². The van der Waals surface area contributed by atoms with Gasteiger partial charge in [0, 0.05) is 60.3 Å². The molecule has 0 bridgehead atoms. The first-order valence-corrected chi connectivity index (χ1v) is 9.00. The summed E-state index contributed by atoms with van der Waals surface area (Å²) in [7, 11) is 0. The van der Waals surface area contributed by atoms with Crippen LogP contribution in [0.4, 0.5) is 0 Å². The van der Waals surface area contributed by atoms with Crippen LogP contribution in [-0.4, -0.2) is 39.3 Å². The number of carbonyl (C=O) groups is 1. The first-order chi connectivity index (χ1) is 11.2. The Kier molecular flexibility index (Phi) is 3.91. The number of pyridine rings is 1. The summed E-state index contributed by atoms with van der Waals surface area (Å²) in [4.78, 5) is 24.0. The van der Waals surface area contributed by atoms with Crippen LogP contribution >= 0.6 is 11.3 Å². The van der Waals surface area contributed by atoms with Crippen LogP contribution in [0.5, 0.6) is 0 Å². The molecule has 0 aromatic carbocycles. The zero-order chi connectivity index (χ0) is 15.8. The highest BCUT2D eigenvalue weighted by Gasteiger charge is 2.46. The van der Waals surface area contributed by atoms with Crippen molar-refractivity contribution in [1.82, 2.24) is 14.8 Å². The third-order valence-electron chi connectivity index (χ3n) is 4.96. The third kappa shape index (κ3) is 2.91. The molecule has 5 heteroatoms. The van der Waals surface area contributed by atoms with E-state index in [9.17, 15) is 4.79 Å². The number of carbonyl (C=O) groups excluding carboxylic acids is 1. The van der Waals surface area contributed by atoms with Gasteiger partial charge in [-0.3, -0.25) is 14.7 Å². The number of fused-ring (bicyclic) bond motifs is 1. The number of aryl methyl sites for hydroxylation is 1. The summed E-state index contributed by atoms with van der Waals surface area (Å²) in [5.74, 6) is 0.288. The van der Waals surface area contributed by atoms with Crippen molar-refractivity contribution in [3.8, 4) is 0 Å². The number of amides is 1. The van der Waals surface area contributed by atoms with Gasteiger partial charge in [0.15, 0.2) is 0 Å². The molecule has 4 heterocycles. The van der Waals surface area contributed by atoms with Gasteiger partial charge in [0.1, 0.15) is 0 Å². The quantitative estimate of drug-likeness (QED) is 0.866. The SMILES string of the molecule is Cc1ccc(CN2CCC3C2CC(=O)N3Cc2cccnc2)s1. The maximum Gasteiger partial charge on any atom is 0.224 e. The van der Waals surface area contributed by atoms with Gasteiger partial charge >= 0.3 is 0 Å². The van der Waals surface area contributed by atoms with Gasteiger partial charge in [0.2, 0.25) is 5.91 Å². The van der Waals surface area contributed by atoms with Gasteiger partial charge in [-0.25, -0.2) is 0 Å². The highest BCUT2D eigenvalue weighted by molar-refractivity contribution is 7.11. The first-order valence-electron chi connectivity index (χ1n) is 8.18. The van der Waals surface area contributed by atoms with Crippen LogP contribution in [0.25, 0.3) is 0 Å². The lowest BCUT2D eigenvalue weighted by Crippen LogP contribution is -2.36. The molecule has 0 N–H and O–H groups in total. The summed E-state index contributed by atoms with van der Waals surface area (Å²) in [6.07, 6.45) is 5.39.